The average molecular weight is 126 g/mol. The number of hydrogen-bond acceptors (Lipinski definition) is 4. The van der Waals surface area contributed by atoms with E-state index in [0.717, 1.165) is 6.26 Å². The van der Waals surface area contributed by atoms with Gasteiger partial charge >= 0.3 is 8.60 Å². The summed E-state index contributed by atoms with van der Waals surface area (Å²) in [6.45, 7) is 2.92. The van der Waals surface area contributed by atoms with Crippen molar-refractivity contribution in [2.75, 3.05) is 0 Å². The lowest BCUT2D eigenvalue weighted by Gasteiger charge is -1.76. The molecule has 0 aliphatic rings. The molecule has 0 aromatic heterocycles. The highest BCUT2D eigenvalue weighted by Gasteiger charge is 1.76. The summed E-state index contributed by atoms with van der Waals surface area (Å²) >= 11 is 0. The first kappa shape index (κ1) is 9.97. The van der Waals surface area contributed by atoms with Crippen molar-refractivity contribution in [1.29, 1.82) is 0 Å². The largest absolute Gasteiger partial charge is 0.516 e. The van der Waals surface area contributed by atoms with E-state index in [0.29, 0.717) is 0 Å². The van der Waals surface area contributed by atoms with Crippen LogP contribution in [0.4, 0.5) is 0 Å². The zero-order valence-electron chi connectivity index (χ0n) is 3.52. The zero-order valence-corrected chi connectivity index (χ0v) is 4.41. The van der Waals surface area contributed by atoms with Crippen LogP contribution in [-0.2, 0) is 0 Å². The number of aliphatic hydroxyl groups is 1. The van der Waals surface area contributed by atoms with Crippen molar-refractivity contribution >= 4 is 8.60 Å². The van der Waals surface area contributed by atoms with Gasteiger partial charge in [-0.15, -0.1) is 0 Å². The minimum Gasteiger partial charge on any atom is -0.516 e. The van der Waals surface area contributed by atoms with Crippen LogP contribution in [0.25, 0.3) is 0 Å². The van der Waals surface area contributed by atoms with Gasteiger partial charge in [0.25, 0.3) is 0 Å². The van der Waals surface area contributed by atoms with Crippen LogP contribution in [0.5, 0.6) is 0 Å². The molecule has 0 atom stereocenters. The van der Waals surface area contributed by atoms with E-state index in [1.54, 1.807) is 0 Å². The van der Waals surface area contributed by atoms with Gasteiger partial charge in [-0.25, -0.2) is 0 Å². The minimum absolute atomic E-state index is 0.750. The van der Waals surface area contributed by atoms with Crippen LogP contribution in [-0.4, -0.2) is 19.8 Å². The van der Waals surface area contributed by atoms with E-state index < -0.39 is 8.60 Å². The van der Waals surface area contributed by atoms with Gasteiger partial charge in [-0.1, -0.05) is 6.58 Å². The molecule has 7 heavy (non-hydrogen) atoms. The van der Waals surface area contributed by atoms with Gasteiger partial charge in [0.1, 0.15) is 0 Å². The molecule has 0 aromatic carbocycles. The number of hydrogen-bond donors (Lipinski definition) is 4. The summed E-state index contributed by atoms with van der Waals surface area (Å²) in [4.78, 5) is 21.7. The quantitative estimate of drug-likeness (QED) is 0.269. The Morgan fingerprint density at radius 3 is 1.29 bits per heavy atom. The molecule has 0 heterocycles. The molecule has 0 spiro atoms. The van der Waals surface area contributed by atoms with Gasteiger partial charge < -0.3 is 19.8 Å². The maximum absolute atomic E-state index is 7.33. The number of aliphatic hydroxyl groups excluding tert-OH is 1. The molecule has 0 aromatic rings. The molecular weight excluding hydrogens is 119 g/mol. The summed E-state index contributed by atoms with van der Waals surface area (Å²) in [5, 5.41) is 7.33. The highest BCUT2D eigenvalue weighted by Crippen LogP contribution is 2.11. The van der Waals surface area contributed by atoms with E-state index in [9.17, 15) is 0 Å². The molecule has 44 valence electrons. The van der Waals surface area contributed by atoms with Crippen molar-refractivity contribution in [3.63, 3.8) is 0 Å². The lowest BCUT2D eigenvalue weighted by atomic mass is 11.2. The van der Waals surface area contributed by atoms with Crippen LogP contribution < -0.4 is 0 Å². The Morgan fingerprint density at radius 1 is 1.29 bits per heavy atom. The Morgan fingerprint density at radius 2 is 1.29 bits per heavy atom. The van der Waals surface area contributed by atoms with Gasteiger partial charge in [0.2, 0.25) is 0 Å². The SMILES string of the molecule is C=CO.OP(O)O. The van der Waals surface area contributed by atoms with Gasteiger partial charge in [0, 0.05) is 0 Å². The predicted octanol–water partition coefficient (Wildman–Crippen LogP) is -0.122. The van der Waals surface area contributed by atoms with Crippen LogP contribution in [0.15, 0.2) is 12.8 Å². The molecule has 0 fully saturated rings. The van der Waals surface area contributed by atoms with Crippen molar-refractivity contribution in [3.8, 4) is 0 Å². The maximum atomic E-state index is 7.33. The molecule has 5 heteroatoms. The molecule has 0 bridgehead atoms. The first-order valence-electron chi connectivity index (χ1n) is 1.27. The van der Waals surface area contributed by atoms with Crippen LogP contribution in [0, 0.1) is 0 Å². The van der Waals surface area contributed by atoms with Crippen molar-refractivity contribution < 1.29 is 19.8 Å². The predicted molar refractivity (Wildman–Crippen MR) is 26.4 cm³/mol. The molecule has 4 N–H and O–H groups in total. The summed E-state index contributed by atoms with van der Waals surface area (Å²) in [5.74, 6) is 0. The van der Waals surface area contributed by atoms with E-state index in [1.165, 1.54) is 0 Å². The molecule has 0 rings (SSSR count). The smallest absolute Gasteiger partial charge is 0.324 e. The van der Waals surface area contributed by atoms with E-state index in [4.69, 9.17) is 19.8 Å². The van der Waals surface area contributed by atoms with Crippen LogP contribution in [0.1, 0.15) is 0 Å². The van der Waals surface area contributed by atoms with Crippen LogP contribution in [0.2, 0.25) is 0 Å². The average Bonchev–Trinajstić information content (AvgIpc) is 1.33. The highest BCUT2D eigenvalue weighted by atomic mass is 31.2. The molecule has 0 amide bonds. The third-order valence-corrected chi connectivity index (χ3v) is 0. The number of rotatable bonds is 0. The summed E-state index contributed by atoms with van der Waals surface area (Å²) in [6.07, 6.45) is 0.750. The molecule has 0 saturated heterocycles. The Labute approximate surface area is 42.4 Å². The second kappa shape index (κ2) is 9.28. The van der Waals surface area contributed by atoms with Gasteiger partial charge in [-0.3, -0.25) is 0 Å². The lowest BCUT2D eigenvalue weighted by molar-refractivity contribution is 0.368. The Hall–Kier alpha value is -0.150. The van der Waals surface area contributed by atoms with Gasteiger partial charge in [-0.05, 0) is 0 Å². The van der Waals surface area contributed by atoms with Crippen molar-refractivity contribution in [3.05, 3.63) is 12.8 Å². The molecular formula is C2H7O4P. The topological polar surface area (TPSA) is 80.9 Å². The molecule has 0 radical (unpaired) electrons. The van der Waals surface area contributed by atoms with E-state index in [2.05, 4.69) is 6.58 Å². The molecule has 0 saturated carbocycles. The van der Waals surface area contributed by atoms with Crippen LogP contribution in [0.3, 0.4) is 0 Å². The fraction of sp³-hybridized carbons (Fsp3) is 0. The zero-order chi connectivity index (χ0) is 6.28. The van der Waals surface area contributed by atoms with Crippen molar-refractivity contribution in [2.24, 2.45) is 0 Å². The second-order valence-electron chi connectivity index (χ2n) is 0.451. The maximum Gasteiger partial charge on any atom is 0.324 e. The fourth-order valence-electron chi connectivity index (χ4n) is 0. The summed E-state index contributed by atoms with van der Waals surface area (Å²) in [7, 11) is -2.62. The van der Waals surface area contributed by atoms with Crippen molar-refractivity contribution in [1.82, 2.24) is 0 Å². The first-order valence-corrected chi connectivity index (χ1v) is 2.47. The van der Waals surface area contributed by atoms with E-state index in [-0.39, 0.29) is 0 Å². The molecule has 0 aliphatic heterocycles. The third-order valence-electron chi connectivity index (χ3n) is 0. The van der Waals surface area contributed by atoms with Crippen LogP contribution >= 0.6 is 8.60 Å². The standard InChI is InChI=1S/C2H4O.H3O3P/c1-2-3;1-4(2)3/h2-3H,1H2;1-3H. The molecule has 0 unspecified atom stereocenters. The normalized spacial score (nSPS) is 6.86. The second-order valence-corrected chi connectivity index (χ2v) is 0.988. The van der Waals surface area contributed by atoms with Crippen molar-refractivity contribution in [2.45, 2.75) is 0 Å². The lowest BCUT2D eigenvalue weighted by Crippen LogP contribution is -1.54. The molecule has 4 nitrogen and oxygen atoms in total. The minimum atomic E-state index is -2.62. The van der Waals surface area contributed by atoms with E-state index >= 15 is 0 Å². The Balaban J connectivity index is 0. The Bertz CT molecular complexity index is 33.9. The summed E-state index contributed by atoms with van der Waals surface area (Å²) in [6, 6.07) is 0. The van der Waals surface area contributed by atoms with Gasteiger partial charge in [-0.2, -0.15) is 0 Å². The summed E-state index contributed by atoms with van der Waals surface area (Å²) in [5.41, 5.74) is 0. The first-order chi connectivity index (χ1) is 3.15. The monoisotopic (exact) mass is 126 g/mol. The highest BCUT2D eigenvalue weighted by molar-refractivity contribution is 7.38. The summed E-state index contributed by atoms with van der Waals surface area (Å²) < 4.78 is 0. The van der Waals surface area contributed by atoms with E-state index in [1.807, 2.05) is 0 Å². The fourth-order valence-corrected chi connectivity index (χ4v) is 0. The van der Waals surface area contributed by atoms with Gasteiger partial charge in [0.15, 0.2) is 0 Å². The van der Waals surface area contributed by atoms with Gasteiger partial charge in [0.05, 0.1) is 6.26 Å². The third kappa shape index (κ3) is 3850. The molecule has 0 aliphatic carbocycles. The Kier molecular flexibility index (Phi) is 13.2.